The molecule has 0 aliphatic carbocycles. The lowest BCUT2D eigenvalue weighted by atomic mass is 9.96. The molecule has 154 valence electrons. The summed E-state index contributed by atoms with van der Waals surface area (Å²) < 4.78 is 0. The summed E-state index contributed by atoms with van der Waals surface area (Å²) in [5.74, 6) is 0. The Morgan fingerprint density at radius 2 is 1.00 bits per heavy atom. The van der Waals surface area contributed by atoms with Crippen LogP contribution in [-0.4, -0.2) is 0 Å². The Labute approximate surface area is 196 Å². The maximum absolute atomic E-state index is 2.32. The molecule has 3 heterocycles. The fourth-order valence-electron chi connectivity index (χ4n) is 4.47. The average molecular weight is 457 g/mol. The van der Waals surface area contributed by atoms with Gasteiger partial charge in [0.2, 0.25) is 0 Å². The molecule has 5 rings (SSSR count). The van der Waals surface area contributed by atoms with Crippen LogP contribution in [0, 0.1) is 27.7 Å². The Morgan fingerprint density at radius 1 is 0.516 bits per heavy atom. The highest BCUT2D eigenvalue weighted by Crippen LogP contribution is 2.50. The Kier molecular flexibility index (Phi) is 5.43. The molecule has 0 nitrogen and oxygen atoms in total. The highest BCUT2D eigenvalue weighted by molar-refractivity contribution is 7.18. The molecule has 0 bridgehead atoms. The van der Waals surface area contributed by atoms with Crippen LogP contribution >= 0.6 is 34.0 Å². The Morgan fingerprint density at radius 3 is 1.55 bits per heavy atom. The molecule has 3 heteroatoms. The molecule has 0 aliphatic heterocycles. The summed E-state index contributed by atoms with van der Waals surface area (Å²) in [6.07, 6.45) is 0. The fraction of sp³-hybridized carbons (Fsp3) is 0.143. The molecular formula is C28H24S3. The second-order valence-electron chi connectivity index (χ2n) is 7.87. The molecule has 0 atom stereocenters. The number of benzene rings is 2. The number of aryl methyl sites for hydroxylation is 2. The summed E-state index contributed by atoms with van der Waals surface area (Å²) in [6, 6.07) is 23.9. The lowest BCUT2D eigenvalue weighted by Gasteiger charge is -2.08. The molecular weight excluding hydrogens is 433 g/mol. The first-order valence-electron chi connectivity index (χ1n) is 10.4. The first kappa shape index (κ1) is 20.4. The zero-order chi connectivity index (χ0) is 21.5. The second-order valence-corrected chi connectivity index (χ2v) is 11.2. The van der Waals surface area contributed by atoms with E-state index >= 15 is 0 Å². The van der Waals surface area contributed by atoms with Gasteiger partial charge in [-0.15, -0.1) is 34.0 Å². The highest BCUT2D eigenvalue weighted by Gasteiger charge is 2.23. The van der Waals surface area contributed by atoms with Gasteiger partial charge in [-0.1, -0.05) is 60.7 Å². The van der Waals surface area contributed by atoms with E-state index in [4.69, 9.17) is 0 Å². The maximum Gasteiger partial charge on any atom is 0.0435 e. The molecule has 0 amide bonds. The van der Waals surface area contributed by atoms with Crippen molar-refractivity contribution >= 4 is 34.0 Å². The molecule has 2 aromatic carbocycles. The number of hydrogen-bond acceptors (Lipinski definition) is 3. The predicted molar refractivity (Wildman–Crippen MR) is 141 cm³/mol. The Hall–Kier alpha value is -2.46. The van der Waals surface area contributed by atoms with Crippen LogP contribution < -0.4 is 0 Å². The van der Waals surface area contributed by atoms with E-state index in [1.54, 1.807) is 0 Å². The molecule has 0 N–H and O–H groups in total. The summed E-state index contributed by atoms with van der Waals surface area (Å²) in [6.45, 7) is 9.11. The third-order valence-corrected chi connectivity index (χ3v) is 9.32. The summed E-state index contributed by atoms with van der Waals surface area (Å²) in [7, 11) is 0. The van der Waals surface area contributed by atoms with Crippen LogP contribution in [0.25, 0.3) is 42.4 Å². The molecule has 3 aromatic heterocycles. The Bertz CT molecular complexity index is 1240. The largest absolute Gasteiger partial charge is 0.143 e. The highest BCUT2D eigenvalue weighted by atomic mass is 32.1. The van der Waals surface area contributed by atoms with Gasteiger partial charge >= 0.3 is 0 Å². The molecule has 0 saturated heterocycles. The van der Waals surface area contributed by atoms with Crippen molar-refractivity contribution in [3.63, 3.8) is 0 Å². The van der Waals surface area contributed by atoms with Gasteiger partial charge in [-0.3, -0.25) is 0 Å². The van der Waals surface area contributed by atoms with Gasteiger partial charge in [-0.2, -0.15) is 0 Å². The van der Waals surface area contributed by atoms with Crippen LogP contribution in [0.1, 0.15) is 20.9 Å². The molecule has 0 unspecified atom stereocenters. The normalized spacial score (nSPS) is 11.2. The fourth-order valence-corrected chi connectivity index (χ4v) is 7.95. The van der Waals surface area contributed by atoms with Crippen molar-refractivity contribution in [3.8, 4) is 42.4 Å². The van der Waals surface area contributed by atoms with Gasteiger partial charge in [0, 0.05) is 41.1 Å². The summed E-state index contributed by atoms with van der Waals surface area (Å²) in [5, 5.41) is 2.25. The molecule has 0 fully saturated rings. The molecule has 0 radical (unpaired) electrons. The van der Waals surface area contributed by atoms with E-state index in [0.29, 0.717) is 0 Å². The van der Waals surface area contributed by atoms with E-state index in [9.17, 15) is 0 Å². The van der Waals surface area contributed by atoms with E-state index in [1.807, 2.05) is 34.0 Å². The first-order chi connectivity index (χ1) is 15.1. The third kappa shape index (κ3) is 3.51. The van der Waals surface area contributed by atoms with Crippen LogP contribution in [-0.2, 0) is 0 Å². The molecule has 0 aliphatic rings. The molecule has 0 spiro atoms. The van der Waals surface area contributed by atoms with Gasteiger partial charge < -0.3 is 0 Å². The van der Waals surface area contributed by atoms with Crippen LogP contribution in [0.3, 0.4) is 0 Å². The zero-order valence-electron chi connectivity index (χ0n) is 18.2. The van der Waals surface area contributed by atoms with Crippen molar-refractivity contribution in [1.82, 2.24) is 0 Å². The number of rotatable bonds is 4. The minimum atomic E-state index is 1.31. The predicted octanol–water partition coefficient (Wildman–Crippen LogP) is 9.77. The summed E-state index contributed by atoms with van der Waals surface area (Å²) >= 11 is 5.70. The van der Waals surface area contributed by atoms with E-state index < -0.39 is 0 Å². The Balaban J connectivity index is 1.66. The van der Waals surface area contributed by atoms with Crippen molar-refractivity contribution in [2.75, 3.05) is 0 Å². The van der Waals surface area contributed by atoms with Gasteiger partial charge in [0.05, 0.1) is 0 Å². The van der Waals surface area contributed by atoms with Crippen molar-refractivity contribution < 1.29 is 0 Å². The van der Waals surface area contributed by atoms with Crippen molar-refractivity contribution in [3.05, 3.63) is 93.0 Å². The second kappa shape index (κ2) is 8.23. The van der Waals surface area contributed by atoms with Gasteiger partial charge in [0.1, 0.15) is 0 Å². The summed E-state index contributed by atoms with van der Waals surface area (Å²) in [4.78, 5) is 6.96. The van der Waals surface area contributed by atoms with Gasteiger partial charge in [0.15, 0.2) is 0 Å². The minimum absolute atomic E-state index is 1.31. The van der Waals surface area contributed by atoms with Crippen LogP contribution in [0.2, 0.25) is 0 Å². The van der Waals surface area contributed by atoms with Crippen LogP contribution in [0.15, 0.2) is 72.1 Å². The number of hydrogen-bond donors (Lipinski definition) is 0. The van der Waals surface area contributed by atoms with Crippen molar-refractivity contribution in [2.24, 2.45) is 0 Å². The van der Waals surface area contributed by atoms with E-state index in [1.165, 1.54) is 63.3 Å². The first-order valence-corrected chi connectivity index (χ1v) is 13.0. The van der Waals surface area contributed by atoms with E-state index in [0.717, 1.165) is 0 Å². The summed E-state index contributed by atoms with van der Waals surface area (Å²) in [5.41, 5.74) is 9.61. The maximum atomic E-state index is 2.32. The van der Waals surface area contributed by atoms with Gasteiger partial charge in [-0.25, -0.2) is 0 Å². The lowest BCUT2D eigenvalue weighted by Crippen LogP contribution is -1.85. The van der Waals surface area contributed by atoms with Crippen molar-refractivity contribution in [1.29, 1.82) is 0 Å². The smallest absolute Gasteiger partial charge is 0.0435 e. The molecule has 5 aromatic rings. The van der Waals surface area contributed by atoms with E-state index in [2.05, 4.69) is 99.8 Å². The van der Waals surface area contributed by atoms with Crippen LogP contribution in [0.4, 0.5) is 0 Å². The minimum Gasteiger partial charge on any atom is -0.143 e. The van der Waals surface area contributed by atoms with Crippen molar-refractivity contribution in [2.45, 2.75) is 27.7 Å². The molecule has 31 heavy (non-hydrogen) atoms. The van der Waals surface area contributed by atoms with Crippen LogP contribution in [0.5, 0.6) is 0 Å². The lowest BCUT2D eigenvalue weighted by molar-refractivity contribution is 1.47. The van der Waals surface area contributed by atoms with Gasteiger partial charge in [-0.05, 0) is 61.4 Å². The number of thiophene rings is 3. The van der Waals surface area contributed by atoms with Gasteiger partial charge in [0.25, 0.3) is 0 Å². The third-order valence-electron chi connectivity index (χ3n) is 5.88. The monoisotopic (exact) mass is 456 g/mol. The topological polar surface area (TPSA) is 0 Å². The van der Waals surface area contributed by atoms with E-state index in [-0.39, 0.29) is 0 Å². The molecule has 0 saturated carbocycles. The standard InChI is InChI=1S/C28H24S3/c1-17-24(19(3)30-26(17)21-11-7-5-8-12-21)23-15-16-29-28(23)25-18(2)27(31-20(25)4)22-13-9-6-10-14-22/h5-16H,1-4H3. The zero-order valence-corrected chi connectivity index (χ0v) is 20.6. The quantitative estimate of drug-likeness (QED) is 0.252. The average Bonchev–Trinajstić information content (AvgIpc) is 3.45. The SMILES string of the molecule is Cc1sc(-c2ccccc2)c(C)c1-c1ccsc1-c1c(C)sc(-c2ccccc2)c1C.